The van der Waals surface area contributed by atoms with Crippen LogP contribution in [0.2, 0.25) is 0 Å². The van der Waals surface area contributed by atoms with Gasteiger partial charge in [0, 0.05) is 40.5 Å². The number of aromatic nitrogens is 1. The van der Waals surface area contributed by atoms with Crippen molar-refractivity contribution in [1.82, 2.24) is 15.6 Å². The summed E-state index contributed by atoms with van der Waals surface area (Å²) in [6.45, 7) is 2.87. The summed E-state index contributed by atoms with van der Waals surface area (Å²) in [4.78, 5) is 17.2. The van der Waals surface area contributed by atoms with E-state index in [2.05, 4.69) is 52.9 Å². The Balaban J connectivity index is 1.48. The van der Waals surface area contributed by atoms with E-state index in [-0.39, 0.29) is 24.4 Å². The van der Waals surface area contributed by atoms with Crippen LogP contribution in [0, 0.1) is 0 Å². The summed E-state index contributed by atoms with van der Waals surface area (Å²) in [6, 6.07) is 20.6. The van der Waals surface area contributed by atoms with E-state index < -0.39 is 0 Å². The summed E-state index contributed by atoms with van der Waals surface area (Å²) in [5.41, 5.74) is 3.39. The predicted octanol–water partition coefficient (Wildman–Crippen LogP) is 4.84. The first-order chi connectivity index (χ1) is 15.2. The lowest BCUT2D eigenvalue weighted by molar-refractivity contribution is -0.120. The molecule has 31 heavy (non-hydrogen) atoms. The van der Waals surface area contributed by atoms with Crippen LogP contribution in [0.1, 0.15) is 34.9 Å². The molecule has 1 amide bonds. The minimum absolute atomic E-state index is 0.0123. The summed E-state index contributed by atoms with van der Waals surface area (Å²) in [6.07, 6.45) is 2.04. The number of para-hydroxylation sites is 1. The first kappa shape index (κ1) is 21.2. The lowest BCUT2D eigenvalue weighted by Gasteiger charge is -2.19. The number of hydrogen-bond donors (Lipinski definition) is 3. The van der Waals surface area contributed by atoms with Crippen molar-refractivity contribution in [3.63, 3.8) is 0 Å². The smallest absolute Gasteiger partial charge is 0.234 e. The zero-order chi connectivity index (χ0) is 21.6. The zero-order valence-electron chi connectivity index (χ0n) is 17.7. The molecular formula is C25H27N3O2S. The SMILES string of the molecule is COc1ccc(C(CNC(=O)CNC(C)c2cccs2)c2c[nH]c3ccccc23)cc1. The van der Waals surface area contributed by atoms with Crippen LogP contribution in [0.3, 0.4) is 0 Å². The third-order valence-electron chi connectivity index (χ3n) is 5.56. The molecule has 2 unspecified atom stereocenters. The average molecular weight is 434 g/mol. The maximum Gasteiger partial charge on any atom is 0.234 e. The molecule has 4 aromatic rings. The topological polar surface area (TPSA) is 66.2 Å². The number of hydrogen-bond acceptors (Lipinski definition) is 4. The van der Waals surface area contributed by atoms with Crippen LogP contribution in [0.25, 0.3) is 10.9 Å². The maximum atomic E-state index is 12.6. The Bertz CT molecular complexity index is 1120. The molecule has 0 bridgehead atoms. The van der Waals surface area contributed by atoms with Crippen LogP contribution in [-0.4, -0.2) is 31.1 Å². The summed E-state index contributed by atoms with van der Waals surface area (Å²) in [7, 11) is 1.66. The number of ether oxygens (including phenoxy) is 1. The molecule has 0 fully saturated rings. The third kappa shape index (κ3) is 4.98. The number of aromatic amines is 1. The predicted molar refractivity (Wildman–Crippen MR) is 127 cm³/mol. The van der Waals surface area contributed by atoms with Gasteiger partial charge in [-0.3, -0.25) is 4.79 Å². The van der Waals surface area contributed by atoms with E-state index in [0.717, 1.165) is 16.8 Å². The Morgan fingerprint density at radius 3 is 2.65 bits per heavy atom. The molecule has 5 nitrogen and oxygen atoms in total. The molecule has 160 valence electrons. The van der Waals surface area contributed by atoms with Gasteiger partial charge in [-0.25, -0.2) is 0 Å². The van der Waals surface area contributed by atoms with E-state index in [9.17, 15) is 4.79 Å². The van der Waals surface area contributed by atoms with Crippen molar-refractivity contribution in [2.45, 2.75) is 18.9 Å². The van der Waals surface area contributed by atoms with E-state index in [1.54, 1.807) is 18.4 Å². The maximum absolute atomic E-state index is 12.6. The molecule has 2 aromatic carbocycles. The number of H-pyrrole nitrogens is 1. The number of benzene rings is 2. The van der Waals surface area contributed by atoms with Gasteiger partial charge in [0.1, 0.15) is 5.75 Å². The fourth-order valence-corrected chi connectivity index (χ4v) is 4.55. The molecule has 2 atom stereocenters. The van der Waals surface area contributed by atoms with E-state index in [0.29, 0.717) is 6.54 Å². The number of carbonyl (C=O) groups excluding carboxylic acids is 1. The minimum atomic E-state index is -0.0123. The van der Waals surface area contributed by atoms with Gasteiger partial charge in [0.25, 0.3) is 0 Å². The van der Waals surface area contributed by atoms with Crippen molar-refractivity contribution in [3.05, 3.63) is 88.2 Å². The third-order valence-corrected chi connectivity index (χ3v) is 6.61. The molecule has 2 aromatic heterocycles. The minimum Gasteiger partial charge on any atom is -0.497 e. The average Bonchev–Trinajstić information content (AvgIpc) is 3.49. The van der Waals surface area contributed by atoms with Crippen molar-refractivity contribution in [2.24, 2.45) is 0 Å². The molecule has 6 heteroatoms. The van der Waals surface area contributed by atoms with Gasteiger partial charge in [0.15, 0.2) is 0 Å². The van der Waals surface area contributed by atoms with Gasteiger partial charge >= 0.3 is 0 Å². The highest BCUT2D eigenvalue weighted by atomic mass is 32.1. The second-order valence-corrected chi connectivity index (χ2v) is 8.52. The molecule has 0 spiro atoms. The van der Waals surface area contributed by atoms with Gasteiger partial charge < -0.3 is 20.4 Å². The number of nitrogens with one attached hydrogen (secondary N) is 3. The first-order valence-electron chi connectivity index (χ1n) is 10.4. The van der Waals surface area contributed by atoms with Gasteiger partial charge in [-0.15, -0.1) is 11.3 Å². The van der Waals surface area contributed by atoms with Crippen LogP contribution >= 0.6 is 11.3 Å². The summed E-state index contributed by atoms with van der Waals surface area (Å²) in [5.74, 6) is 0.833. The summed E-state index contributed by atoms with van der Waals surface area (Å²) in [5, 5.41) is 9.64. The van der Waals surface area contributed by atoms with Crippen LogP contribution in [0.4, 0.5) is 0 Å². The second kappa shape index (κ2) is 9.81. The number of rotatable bonds is 9. The van der Waals surface area contributed by atoms with Crippen molar-refractivity contribution < 1.29 is 9.53 Å². The number of thiophene rings is 1. The summed E-state index contributed by atoms with van der Waals surface area (Å²) < 4.78 is 5.31. The zero-order valence-corrected chi connectivity index (χ0v) is 18.5. The molecule has 0 saturated carbocycles. The highest BCUT2D eigenvalue weighted by molar-refractivity contribution is 7.10. The Morgan fingerprint density at radius 1 is 1.10 bits per heavy atom. The van der Waals surface area contributed by atoms with E-state index in [4.69, 9.17) is 4.74 Å². The Hall–Kier alpha value is -3.09. The van der Waals surface area contributed by atoms with Gasteiger partial charge in [-0.1, -0.05) is 36.4 Å². The summed E-state index contributed by atoms with van der Waals surface area (Å²) >= 11 is 1.69. The Morgan fingerprint density at radius 2 is 1.90 bits per heavy atom. The van der Waals surface area contributed by atoms with Gasteiger partial charge in [-0.2, -0.15) is 0 Å². The Labute approximate surface area is 186 Å². The lowest BCUT2D eigenvalue weighted by Crippen LogP contribution is -2.37. The first-order valence-corrected chi connectivity index (χ1v) is 11.3. The van der Waals surface area contributed by atoms with Gasteiger partial charge in [-0.05, 0) is 47.7 Å². The second-order valence-electron chi connectivity index (χ2n) is 7.54. The van der Waals surface area contributed by atoms with Gasteiger partial charge in [0.05, 0.1) is 13.7 Å². The van der Waals surface area contributed by atoms with E-state index in [1.807, 2.05) is 41.9 Å². The van der Waals surface area contributed by atoms with E-state index in [1.165, 1.54) is 15.8 Å². The number of methoxy groups -OCH3 is 1. The number of fused-ring (bicyclic) bond motifs is 1. The van der Waals surface area contributed by atoms with Crippen LogP contribution < -0.4 is 15.4 Å². The number of amides is 1. The molecule has 2 heterocycles. The van der Waals surface area contributed by atoms with Crippen LogP contribution in [0.5, 0.6) is 5.75 Å². The van der Waals surface area contributed by atoms with Crippen LogP contribution in [0.15, 0.2) is 72.2 Å². The van der Waals surface area contributed by atoms with Crippen molar-refractivity contribution in [3.8, 4) is 5.75 Å². The molecule has 3 N–H and O–H groups in total. The molecule has 0 radical (unpaired) electrons. The standard InChI is InChI=1S/C25H27N3O2S/c1-17(24-8-5-13-31-24)26-16-25(29)28-14-21(18-9-11-19(30-2)12-10-18)22-15-27-23-7-4-3-6-20(22)23/h3-13,15,17,21,26-27H,14,16H2,1-2H3,(H,28,29). The van der Waals surface area contributed by atoms with Crippen molar-refractivity contribution in [2.75, 3.05) is 20.2 Å². The molecule has 0 saturated heterocycles. The fourth-order valence-electron chi connectivity index (χ4n) is 3.79. The van der Waals surface area contributed by atoms with Crippen molar-refractivity contribution in [1.29, 1.82) is 0 Å². The lowest BCUT2D eigenvalue weighted by atomic mass is 9.91. The van der Waals surface area contributed by atoms with E-state index >= 15 is 0 Å². The molecule has 0 aliphatic heterocycles. The van der Waals surface area contributed by atoms with Crippen molar-refractivity contribution >= 4 is 28.1 Å². The monoisotopic (exact) mass is 433 g/mol. The molecule has 0 aliphatic rings. The Kier molecular flexibility index (Phi) is 6.70. The molecule has 0 aliphatic carbocycles. The van der Waals surface area contributed by atoms with Gasteiger partial charge in [0.2, 0.25) is 5.91 Å². The van der Waals surface area contributed by atoms with Crippen LogP contribution in [-0.2, 0) is 4.79 Å². The quantitative estimate of drug-likeness (QED) is 0.354. The number of carbonyl (C=O) groups is 1. The highest BCUT2D eigenvalue weighted by Gasteiger charge is 2.19. The fraction of sp³-hybridized carbons (Fsp3) is 0.240. The largest absolute Gasteiger partial charge is 0.497 e. The molecule has 4 rings (SSSR count). The normalized spacial score (nSPS) is 13.1. The molecular weight excluding hydrogens is 406 g/mol. The highest BCUT2D eigenvalue weighted by Crippen LogP contribution is 2.31.